The Morgan fingerprint density at radius 3 is 2.56 bits per heavy atom. The number of anilines is 1. The number of hydrogen-bond acceptors (Lipinski definition) is 6. The molecule has 94 valence electrons. The highest BCUT2D eigenvalue weighted by Gasteiger charge is 2.11. The summed E-state index contributed by atoms with van der Waals surface area (Å²) in [6, 6.07) is 6.50. The van der Waals surface area contributed by atoms with Crippen molar-refractivity contribution < 1.29 is 9.45 Å². The Bertz CT molecular complexity index is 548. The molecule has 0 aliphatic carbocycles. The molecule has 0 saturated heterocycles. The van der Waals surface area contributed by atoms with E-state index in [1.165, 1.54) is 12.1 Å². The Morgan fingerprint density at radius 2 is 2.00 bits per heavy atom. The largest absolute Gasteiger partial charge is 0.336 e. The van der Waals surface area contributed by atoms with Gasteiger partial charge in [0.15, 0.2) is 0 Å². The highest BCUT2D eigenvalue weighted by molar-refractivity contribution is 5.57. The molecule has 2 rings (SSSR count). The van der Waals surface area contributed by atoms with Crippen molar-refractivity contribution in [1.82, 2.24) is 10.1 Å². The third-order valence-electron chi connectivity index (χ3n) is 2.17. The summed E-state index contributed by atoms with van der Waals surface area (Å²) in [4.78, 5) is 14.2. The number of non-ortho nitro benzene ring substituents is 1. The molecule has 1 aromatic carbocycles. The fraction of sp³-hybridized carbons (Fsp3) is 0.273. The van der Waals surface area contributed by atoms with Gasteiger partial charge in [-0.2, -0.15) is 4.98 Å². The van der Waals surface area contributed by atoms with Crippen LogP contribution in [0.15, 0.2) is 28.8 Å². The van der Waals surface area contributed by atoms with Crippen LogP contribution in [0.3, 0.4) is 0 Å². The lowest BCUT2D eigenvalue weighted by Crippen LogP contribution is -2.09. The van der Waals surface area contributed by atoms with E-state index in [9.17, 15) is 10.1 Å². The average molecular weight is 248 g/mol. The first-order chi connectivity index (χ1) is 8.56. The molecule has 0 aliphatic heterocycles. The van der Waals surface area contributed by atoms with Crippen molar-refractivity contribution in [2.24, 2.45) is 0 Å². The molecular formula is C11H12N4O3. The number of nitrogens with zero attached hydrogens (tertiary/aromatic N) is 3. The van der Waals surface area contributed by atoms with Crippen molar-refractivity contribution in [2.75, 3.05) is 5.32 Å². The number of benzene rings is 1. The second-order valence-electron chi connectivity index (χ2n) is 4.03. The molecule has 0 bridgehead atoms. The van der Waals surface area contributed by atoms with E-state index in [0.717, 1.165) is 0 Å². The van der Waals surface area contributed by atoms with E-state index in [0.29, 0.717) is 17.4 Å². The van der Waals surface area contributed by atoms with Gasteiger partial charge in [-0.25, -0.2) is 0 Å². The number of aromatic nitrogens is 2. The lowest BCUT2D eigenvalue weighted by molar-refractivity contribution is -0.384. The van der Waals surface area contributed by atoms with E-state index in [-0.39, 0.29) is 11.7 Å². The fourth-order valence-electron chi connectivity index (χ4n) is 1.38. The van der Waals surface area contributed by atoms with Gasteiger partial charge in [-0.05, 0) is 26.0 Å². The topological polar surface area (TPSA) is 94.1 Å². The lowest BCUT2D eigenvalue weighted by atomic mass is 10.2. The van der Waals surface area contributed by atoms with Gasteiger partial charge in [0.2, 0.25) is 5.82 Å². The molecule has 2 aromatic rings. The lowest BCUT2D eigenvalue weighted by Gasteiger charge is -2.01. The first-order valence-electron chi connectivity index (χ1n) is 5.41. The summed E-state index contributed by atoms with van der Waals surface area (Å²) >= 11 is 0. The van der Waals surface area contributed by atoms with Crippen molar-refractivity contribution in [3.05, 3.63) is 34.4 Å². The van der Waals surface area contributed by atoms with Crippen LogP contribution in [0.2, 0.25) is 0 Å². The Balaban J connectivity index is 2.20. The second-order valence-corrected chi connectivity index (χ2v) is 4.03. The van der Waals surface area contributed by atoms with E-state index in [1.54, 1.807) is 12.1 Å². The first-order valence-corrected chi connectivity index (χ1v) is 5.41. The summed E-state index contributed by atoms with van der Waals surface area (Å²) in [7, 11) is 0. The summed E-state index contributed by atoms with van der Waals surface area (Å²) in [6.07, 6.45) is 0. The molecule has 0 unspecified atom stereocenters. The van der Waals surface area contributed by atoms with Crippen LogP contribution < -0.4 is 5.32 Å². The smallest absolute Gasteiger partial charge is 0.321 e. The molecule has 0 amide bonds. The highest BCUT2D eigenvalue weighted by Crippen LogP contribution is 2.21. The maximum Gasteiger partial charge on any atom is 0.321 e. The standard InChI is InChI=1S/C11H12N4O3/c1-7(2)12-11-13-10(14-18-11)8-3-5-9(6-4-8)15(16)17/h3-7H,1-2H3,(H,12,13,14). The average Bonchev–Trinajstić information content (AvgIpc) is 2.76. The molecule has 0 spiro atoms. The summed E-state index contributed by atoms with van der Waals surface area (Å²) in [5, 5.41) is 17.3. The predicted octanol–water partition coefficient (Wildman–Crippen LogP) is 2.47. The van der Waals surface area contributed by atoms with Crippen LogP contribution in [0.5, 0.6) is 0 Å². The van der Waals surface area contributed by atoms with Crippen LogP contribution in [0.25, 0.3) is 11.4 Å². The van der Waals surface area contributed by atoms with Crippen LogP contribution in [-0.2, 0) is 0 Å². The van der Waals surface area contributed by atoms with Crippen molar-refractivity contribution in [1.29, 1.82) is 0 Å². The van der Waals surface area contributed by atoms with Gasteiger partial charge in [0, 0.05) is 23.7 Å². The van der Waals surface area contributed by atoms with Crippen LogP contribution in [-0.4, -0.2) is 21.1 Å². The van der Waals surface area contributed by atoms with Crippen LogP contribution in [0.4, 0.5) is 11.7 Å². The maximum atomic E-state index is 10.5. The van der Waals surface area contributed by atoms with E-state index >= 15 is 0 Å². The molecule has 7 nitrogen and oxygen atoms in total. The second kappa shape index (κ2) is 4.82. The van der Waals surface area contributed by atoms with Crippen LogP contribution in [0, 0.1) is 10.1 Å². The molecule has 1 heterocycles. The van der Waals surface area contributed by atoms with Gasteiger partial charge in [-0.1, -0.05) is 5.16 Å². The van der Waals surface area contributed by atoms with Gasteiger partial charge in [0.25, 0.3) is 5.69 Å². The molecule has 1 N–H and O–H groups in total. The van der Waals surface area contributed by atoms with Crippen LogP contribution >= 0.6 is 0 Å². The number of hydrogen-bond donors (Lipinski definition) is 1. The zero-order valence-corrected chi connectivity index (χ0v) is 9.95. The molecule has 0 fully saturated rings. The van der Waals surface area contributed by atoms with Crippen molar-refractivity contribution >= 4 is 11.7 Å². The quantitative estimate of drug-likeness (QED) is 0.659. The summed E-state index contributed by atoms with van der Waals surface area (Å²) in [6.45, 7) is 3.91. The van der Waals surface area contributed by atoms with Crippen LogP contribution in [0.1, 0.15) is 13.8 Å². The third kappa shape index (κ3) is 2.62. The normalized spacial score (nSPS) is 10.6. The van der Waals surface area contributed by atoms with E-state index in [4.69, 9.17) is 4.52 Å². The van der Waals surface area contributed by atoms with Crippen molar-refractivity contribution in [3.8, 4) is 11.4 Å². The van der Waals surface area contributed by atoms with E-state index in [2.05, 4.69) is 15.5 Å². The molecule has 0 aliphatic rings. The summed E-state index contributed by atoms with van der Waals surface area (Å²) < 4.78 is 5.00. The number of nitrogens with one attached hydrogen (secondary N) is 1. The van der Waals surface area contributed by atoms with Gasteiger partial charge in [-0.15, -0.1) is 0 Å². The summed E-state index contributed by atoms with van der Waals surface area (Å²) in [5.41, 5.74) is 0.698. The molecule has 18 heavy (non-hydrogen) atoms. The molecule has 1 aromatic heterocycles. The molecule has 0 radical (unpaired) electrons. The number of nitro groups is 1. The van der Waals surface area contributed by atoms with Gasteiger partial charge in [-0.3, -0.25) is 10.1 Å². The van der Waals surface area contributed by atoms with E-state index in [1.807, 2.05) is 13.8 Å². The number of rotatable bonds is 4. The zero-order chi connectivity index (χ0) is 13.1. The van der Waals surface area contributed by atoms with Gasteiger partial charge in [0.1, 0.15) is 0 Å². The zero-order valence-electron chi connectivity index (χ0n) is 9.95. The highest BCUT2D eigenvalue weighted by atomic mass is 16.6. The minimum absolute atomic E-state index is 0.0303. The molecule has 0 atom stereocenters. The third-order valence-corrected chi connectivity index (χ3v) is 2.17. The van der Waals surface area contributed by atoms with Gasteiger partial charge in [0.05, 0.1) is 4.92 Å². The SMILES string of the molecule is CC(C)Nc1nc(-c2ccc([N+](=O)[O-])cc2)no1. The maximum absolute atomic E-state index is 10.5. The minimum Gasteiger partial charge on any atom is -0.336 e. The summed E-state index contributed by atoms with van der Waals surface area (Å²) in [5.74, 6) is 0.396. The van der Waals surface area contributed by atoms with Gasteiger partial charge < -0.3 is 9.84 Å². The predicted molar refractivity (Wildman–Crippen MR) is 65.1 cm³/mol. The minimum atomic E-state index is -0.453. The molecular weight excluding hydrogens is 236 g/mol. The monoisotopic (exact) mass is 248 g/mol. The number of nitro benzene ring substituents is 1. The Hall–Kier alpha value is -2.44. The van der Waals surface area contributed by atoms with E-state index < -0.39 is 4.92 Å². The first kappa shape index (κ1) is 12.0. The van der Waals surface area contributed by atoms with Gasteiger partial charge >= 0.3 is 6.01 Å². The van der Waals surface area contributed by atoms with Crippen molar-refractivity contribution in [3.63, 3.8) is 0 Å². The van der Waals surface area contributed by atoms with Crippen molar-refractivity contribution in [2.45, 2.75) is 19.9 Å². The fourth-order valence-corrected chi connectivity index (χ4v) is 1.38. The Morgan fingerprint density at radius 1 is 1.33 bits per heavy atom. The Kier molecular flexibility index (Phi) is 3.22. The molecule has 7 heteroatoms. The molecule has 0 saturated carbocycles. The Labute approximate surface area is 103 Å².